The molecule has 0 spiro atoms. The third-order valence-electron chi connectivity index (χ3n) is 3.73. The van der Waals surface area contributed by atoms with Gasteiger partial charge in [0.1, 0.15) is 5.00 Å². The van der Waals surface area contributed by atoms with Crippen molar-refractivity contribution in [2.45, 2.75) is 33.6 Å². The van der Waals surface area contributed by atoms with Gasteiger partial charge in [-0.1, -0.05) is 0 Å². The molecule has 0 saturated carbocycles. The van der Waals surface area contributed by atoms with Gasteiger partial charge in [-0.3, -0.25) is 9.59 Å². The van der Waals surface area contributed by atoms with Crippen molar-refractivity contribution in [2.24, 2.45) is 0 Å². The van der Waals surface area contributed by atoms with Crippen LogP contribution >= 0.6 is 11.3 Å². The van der Waals surface area contributed by atoms with E-state index >= 15 is 0 Å². The molecule has 2 heterocycles. The molecule has 7 nitrogen and oxygen atoms in total. The van der Waals surface area contributed by atoms with Crippen molar-refractivity contribution in [1.82, 2.24) is 5.32 Å². The van der Waals surface area contributed by atoms with Crippen LogP contribution in [0.3, 0.4) is 0 Å². The third-order valence-corrected chi connectivity index (χ3v) is 4.85. The van der Waals surface area contributed by atoms with Crippen molar-refractivity contribution in [2.75, 3.05) is 18.5 Å². The number of aryl methyl sites for hydroxylation is 1. The van der Waals surface area contributed by atoms with Gasteiger partial charge < -0.3 is 19.8 Å². The summed E-state index contributed by atoms with van der Waals surface area (Å²) in [4.78, 5) is 36.9. The van der Waals surface area contributed by atoms with E-state index in [2.05, 4.69) is 10.6 Å². The van der Waals surface area contributed by atoms with Gasteiger partial charge in [-0.2, -0.15) is 0 Å². The lowest BCUT2D eigenvalue weighted by molar-refractivity contribution is -0.116. The van der Waals surface area contributed by atoms with Crippen molar-refractivity contribution >= 4 is 34.1 Å². The van der Waals surface area contributed by atoms with Gasteiger partial charge in [0.25, 0.3) is 5.91 Å². The number of thiophene rings is 1. The van der Waals surface area contributed by atoms with Crippen LogP contribution in [0.2, 0.25) is 0 Å². The number of amides is 2. The molecule has 140 valence electrons. The third kappa shape index (κ3) is 4.95. The van der Waals surface area contributed by atoms with Gasteiger partial charge >= 0.3 is 5.97 Å². The number of anilines is 1. The Morgan fingerprint density at radius 3 is 2.69 bits per heavy atom. The highest BCUT2D eigenvalue weighted by atomic mass is 32.1. The van der Waals surface area contributed by atoms with Gasteiger partial charge in [0.2, 0.25) is 5.91 Å². The maximum Gasteiger partial charge on any atom is 0.341 e. The molecule has 0 aliphatic heterocycles. The van der Waals surface area contributed by atoms with Crippen LogP contribution < -0.4 is 10.6 Å². The minimum Gasteiger partial charge on any atom is -0.462 e. The Labute approximate surface area is 155 Å². The second-order valence-corrected chi connectivity index (χ2v) is 6.82. The summed E-state index contributed by atoms with van der Waals surface area (Å²) in [5, 5.41) is 5.96. The highest BCUT2D eigenvalue weighted by Gasteiger charge is 2.21. The lowest BCUT2D eigenvalue weighted by atomic mass is 10.1. The lowest BCUT2D eigenvalue weighted by Crippen LogP contribution is -2.25. The quantitative estimate of drug-likeness (QED) is 0.543. The molecule has 0 unspecified atom stereocenters. The second kappa shape index (κ2) is 9.19. The first-order valence-electron chi connectivity index (χ1n) is 8.32. The van der Waals surface area contributed by atoms with E-state index in [1.165, 1.54) is 17.6 Å². The van der Waals surface area contributed by atoms with Crippen LogP contribution in [-0.4, -0.2) is 30.9 Å². The van der Waals surface area contributed by atoms with E-state index in [4.69, 9.17) is 9.15 Å². The highest BCUT2D eigenvalue weighted by molar-refractivity contribution is 7.16. The summed E-state index contributed by atoms with van der Waals surface area (Å²) in [7, 11) is 0. The number of rotatable bonds is 8. The normalized spacial score (nSPS) is 10.4. The van der Waals surface area contributed by atoms with E-state index in [0.29, 0.717) is 23.5 Å². The predicted octanol–water partition coefficient (Wildman–Crippen LogP) is 3.28. The van der Waals surface area contributed by atoms with Crippen LogP contribution in [0.25, 0.3) is 0 Å². The first-order valence-corrected chi connectivity index (χ1v) is 9.14. The molecule has 2 amide bonds. The summed E-state index contributed by atoms with van der Waals surface area (Å²) < 4.78 is 10.1. The number of nitrogens with one attached hydrogen (secondary N) is 2. The summed E-state index contributed by atoms with van der Waals surface area (Å²) in [5.41, 5.74) is 1.23. The fraction of sp³-hybridized carbons (Fsp3) is 0.389. The molecule has 2 aromatic heterocycles. The Bertz CT molecular complexity index is 780. The number of hydrogen-bond acceptors (Lipinski definition) is 6. The fourth-order valence-corrected chi connectivity index (χ4v) is 3.36. The number of carbonyl (C=O) groups is 3. The number of furan rings is 1. The molecule has 2 rings (SSSR count). The molecule has 8 heteroatoms. The molecule has 0 aliphatic rings. The SMILES string of the molecule is CCOC(=O)c1c(NC(=O)CCCNC(=O)c2ccco2)sc(C)c1C. The van der Waals surface area contributed by atoms with Gasteiger partial charge in [0.15, 0.2) is 5.76 Å². The summed E-state index contributed by atoms with van der Waals surface area (Å²) in [6, 6.07) is 3.20. The first kappa shape index (κ1) is 19.7. The highest BCUT2D eigenvalue weighted by Crippen LogP contribution is 2.33. The van der Waals surface area contributed by atoms with E-state index in [1.54, 1.807) is 19.1 Å². The number of hydrogen-bond donors (Lipinski definition) is 2. The Balaban J connectivity index is 1.85. The maximum absolute atomic E-state index is 12.2. The first-order chi connectivity index (χ1) is 12.4. The van der Waals surface area contributed by atoms with E-state index in [-0.39, 0.29) is 30.6 Å². The largest absolute Gasteiger partial charge is 0.462 e. The van der Waals surface area contributed by atoms with Crippen molar-refractivity contribution in [3.05, 3.63) is 40.2 Å². The molecule has 0 aromatic carbocycles. The molecule has 26 heavy (non-hydrogen) atoms. The minimum atomic E-state index is -0.435. The number of ether oxygens (including phenoxy) is 1. The fourth-order valence-electron chi connectivity index (χ4n) is 2.30. The van der Waals surface area contributed by atoms with Gasteiger partial charge in [0, 0.05) is 17.8 Å². The summed E-state index contributed by atoms with van der Waals surface area (Å²) in [6.07, 6.45) is 2.11. The molecule has 0 bridgehead atoms. The number of carbonyl (C=O) groups excluding carboxylic acids is 3. The predicted molar refractivity (Wildman–Crippen MR) is 98.7 cm³/mol. The standard InChI is InChI=1S/C18H22N2O5S/c1-4-24-18(23)15-11(2)12(3)26-17(15)20-14(21)8-5-9-19-16(22)13-7-6-10-25-13/h6-7,10H,4-5,8-9H2,1-3H3,(H,19,22)(H,20,21). The van der Waals surface area contributed by atoms with Gasteiger partial charge in [0.05, 0.1) is 18.4 Å². The molecular weight excluding hydrogens is 356 g/mol. The monoisotopic (exact) mass is 378 g/mol. The topological polar surface area (TPSA) is 97.6 Å². The van der Waals surface area contributed by atoms with Crippen LogP contribution in [0, 0.1) is 13.8 Å². The van der Waals surface area contributed by atoms with E-state index < -0.39 is 5.97 Å². The van der Waals surface area contributed by atoms with Gasteiger partial charge in [-0.15, -0.1) is 11.3 Å². The molecule has 0 radical (unpaired) electrons. The molecule has 0 atom stereocenters. The Kier molecular flexibility index (Phi) is 6.97. The van der Waals surface area contributed by atoms with Crippen molar-refractivity contribution in [3.63, 3.8) is 0 Å². The van der Waals surface area contributed by atoms with Crippen LogP contribution in [0.4, 0.5) is 5.00 Å². The van der Waals surface area contributed by atoms with Crippen LogP contribution in [0.1, 0.15) is 51.1 Å². The van der Waals surface area contributed by atoms with E-state index in [9.17, 15) is 14.4 Å². The molecular formula is C18H22N2O5S. The summed E-state index contributed by atoms with van der Waals surface area (Å²) >= 11 is 1.35. The maximum atomic E-state index is 12.2. The van der Waals surface area contributed by atoms with Gasteiger partial charge in [-0.05, 0) is 44.9 Å². The minimum absolute atomic E-state index is 0.218. The summed E-state index contributed by atoms with van der Waals surface area (Å²) in [5.74, 6) is -0.734. The Hall–Kier alpha value is -2.61. The lowest BCUT2D eigenvalue weighted by Gasteiger charge is -2.07. The Morgan fingerprint density at radius 1 is 1.27 bits per heavy atom. The van der Waals surface area contributed by atoms with Crippen LogP contribution in [-0.2, 0) is 9.53 Å². The smallest absolute Gasteiger partial charge is 0.341 e. The van der Waals surface area contributed by atoms with Crippen molar-refractivity contribution < 1.29 is 23.5 Å². The van der Waals surface area contributed by atoms with E-state index in [0.717, 1.165) is 10.4 Å². The zero-order chi connectivity index (χ0) is 19.1. The van der Waals surface area contributed by atoms with Crippen LogP contribution in [0.15, 0.2) is 22.8 Å². The van der Waals surface area contributed by atoms with Crippen molar-refractivity contribution in [1.29, 1.82) is 0 Å². The van der Waals surface area contributed by atoms with Gasteiger partial charge in [-0.25, -0.2) is 4.79 Å². The molecule has 0 saturated heterocycles. The summed E-state index contributed by atoms with van der Waals surface area (Å²) in [6.45, 7) is 6.08. The zero-order valence-electron chi connectivity index (χ0n) is 15.0. The zero-order valence-corrected chi connectivity index (χ0v) is 15.8. The second-order valence-electron chi connectivity index (χ2n) is 5.59. The molecule has 2 aromatic rings. The Morgan fingerprint density at radius 2 is 2.04 bits per heavy atom. The molecule has 0 fully saturated rings. The van der Waals surface area contributed by atoms with Crippen molar-refractivity contribution in [3.8, 4) is 0 Å². The molecule has 2 N–H and O–H groups in total. The average Bonchev–Trinajstić information content (AvgIpc) is 3.21. The molecule has 0 aliphatic carbocycles. The van der Waals surface area contributed by atoms with E-state index in [1.807, 2.05) is 13.8 Å². The average molecular weight is 378 g/mol. The number of esters is 1. The van der Waals surface area contributed by atoms with Crippen LogP contribution in [0.5, 0.6) is 0 Å².